The van der Waals surface area contributed by atoms with E-state index in [-0.39, 0.29) is 0 Å². The lowest BCUT2D eigenvalue weighted by Crippen LogP contribution is -2.32. The van der Waals surface area contributed by atoms with Crippen molar-refractivity contribution in [2.24, 2.45) is 29.6 Å². The summed E-state index contributed by atoms with van der Waals surface area (Å²) in [6.07, 6.45) is 13.3. The molecule has 4 nitrogen and oxygen atoms in total. The summed E-state index contributed by atoms with van der Waals surface area (Å²) in [7, 11) is 0. The van der Waals surface area contributed by atoms with Crippen LogP contribution in [0.4, 0.5) is 11.4 Å². The molecule has 0 radical (unpaired) electrons. The standard InChI is InChI=1S/C39H42N2O2/c1-2-28-23-40(31-11-5-3-6-12-31)25-42-37(28)15-9-10-27-20-35-33-17-18-34(36(35)21-27)39(33)29-16-19-38-30(22-29)24-41(26-43-38)32-13-7-4-8-14-32/h2-9,11-16,19,22,27,33-36,39H,1,10,17-18,20-21,23-26H2/b15-9-. The highest BCUT2D eigenvalue weighted by Gasteiger charge is 2.57. The molecule has 4 unspecified atom stereocenters. The molecule has 2 bridgehead atoms. The molecule has 3 fully saturated rings. The number of allylic oxidation sites excluding steroid dienone is 2. The Labute approximate surface area is 256 Å². The summed E-state index contributed by atoms with van der Waals surface area (Å²) in [5.41, 5.74) is 6.50. The number of anilines is 2. The van der Waals surface area contributed by atoms with Gasteiger partial charge in [0, 0.05) is 35.6 Å². The highest BCUT2D eigenvalue weighted by atomic mass is 16.5. The van der Waals surface area contributed by atoms with E-state index >= 15 is 0 Å². The third-order valence-corrected chi connectivity index (χ3v) is 11.1. The number of rotatable bonds is 7. The Balaban J connectivity index is 0.911. The van der Waals surface area contributed by atoms with Crippen LogP contribution in [0, 0.1) is 29.6 Å². The first-order valence-electron chi connectivity index (χ1n) is 16.3. The average Bonchev–Trinajstić information content (AvgIpc) is 3.77. The molecule has 0 saturated heterocycles. The Bertz CT molecular complexity index is 1510. The van der Waals surface area contributed by atoms with Crippen molar-refractivity contribution in [3.05, 3.63) is 126 Å². The Morgan fingerprint density at radius 1 is 0.744 bits per heavy atom. The fourth-order valence-corrected chi connectivity index (χ4v) is 9.25. The number of fused-ring (bicyclic) bond motifs is 6. The number of hydrogen-bond donors (Lipinski definition) is 0. The van der Waals surface area contributed by atoms with Crippen molar-refractivity contribution in [3.63, 3.8) is 0 Å². The molecule has 0 spiro atoms. The van der Waals surface area contributed by atoms with Gasteiger partial charge in [0.05, 0.1) is 0 Å². The van der Waals surface area contributed by atoms with Crippen molar-refractivity contribution >= 4 is 11.4 Å². The van der Waals surface area contributed by atoms with Gasteiger partial charge in [-0.1, -0.05) is 67.3 Å². The molecule has 43 heavy (non-hydrogen) atoms. The van der Waals surface area contributed by atoms with Crippen molar-refractivity contribution < 1.29 is 9.47 Å². The van der Waals surface area contributed by atoms with Crippen LogP contribution in [0.3, 0.4) is 0 Å². The van der Waals surface area contributed by atoms with Crippen molar-refractivity contribution in [3.8, 4) is 5.75 Å². The van der Waals surface area contributed by atoms with Gasteiger partial charge in [0.2, 0.25) is 0 Å². The Kier molecular flexibility index (Phi) is 7.01. The molecule has 0 aromatic heterocycles. The van der Waals surface area contributed by atoms with Crippen molar-refractivity contribution in [1.82, 2.24) is 0 Å². The molecule has 4 heteroatoms. The van der Waals surface area contributed by atoms with E-state index in [9.17, 15) is 0 Å². The molecule has 0 N–H and O–H groups in total. The topological polar surface area (TPSA) is 24.9 Å². The maximum Gasteiger partial charge on any atom is 0.161 e. The molecule has 3 aromatic rings. The van der Waals surface area contributed by atoms with Crippen LogP contribution < -0.4 is 14.5 Å². The van der Waals surface area contributed by atoms with Crippen molar-refractivity contribution in [2.45, 2.75) is 44.6 Å². The van der Waals surface area contributed by atoms with E-state index in [0.29, 0.717) is 13.5 Å². The molecular weight excluding hydrogens is 528 g/mol. The zero-order valence-corrected chi connectivity index (χ0v) is 25.0. The molecule has 3 saturated carbocycles. The van der Waals surface area contributed by atoms with Gasteiger partial charge in [-0.05, 0) is 110 Å². The number of ether oxygens (including phenoxy) is 2. The molecule has 8 rings (SSSR count). The molecule has 3 aliphatic carbocycles. The van der Waals surface area contributed by atoms with Crippen LogP contribution in [0.5, 0.6) is 5.75 Å². The zero-order chi connectivity index (χ0) is 28.8. The predicted octanol–water partition coefficient (Wildman–Crippen LogP) is 8.69. The van der Waals surface area contributed by atoms with Gasteiger partial charge < -0.3 is 19.3 Å². The summed E-state index contributed by atoms with van der Waals surface area (Å²) in [5.74, 6) is 7.05. The molecule has 4 atom stereocenters. The molecule has 0 amide bonds. The quantitative estimate of drug-likeness (QED) is 0.284. The van der Waals surface area contributed by atoms with Crippen molar-refractivity contribution in [1.29, 1.82) is 0 Å². The van der Waals surface area contributed by atoms with Crippen LogP contribution >= 0.6 is 0 Å². The Hall–Kier alpha value is -3.92. The molecule has 2 heterocycles. The number of nitrogens with zero attached hydrogens (tertiary/aromatic N) is 2. The van der Waals surface area contributed by atoms with E-state index in [1.54, 1.807) is 5.56 Å². The Morgan fingerprint density at radius 2 is 1.40 bits per heavy atom. The SMILES string of the molecule is C=CC1=C(/C=C\CC2CC3C(C2)C2CCC3C2c2ccc3c(c2)CN(c2ccccc2)CO3)OCN(c2ccccc2)C1. The minimum absolute atomic E-state index is 0.582. The van der Waals surface area contributed by atoms with Crippen molar-refractivity contribution in [2.75, 3.05) is 29.8 Å². The van der Waals surface area contributed by atoms with Crippen LogP contribution in [0.1, 0.15) is 49.1 Å². The van der Waals surface area contributed by atoms with E-state index in [1.807, 2.05) is 6.08 Å². The minimum Gasteiger partial charge on any atom is -0.473 e. The summed E-state index contributed by atoms with van der Waals surface area (Å²) >= 11 is 0. The number of para-hydroxylation sites is 2. The lowest BCUT2D eigenvalue weighted by Gasteiger charge is -2.32. The summed E-state index contributed by atoms with van der Waals surface area (Å²) in [6.45, 7) is 7.04. The predicted molar refractivity (Wildman–Crippen MR) is 174 cm³/mol. The second kappa shape index (κ2) is 11.3. The van der Waals surface area contributed by atoms with Crippen LogP contribution in [0.25, 0.3) is 0 Å². The third kappa shape index (κ3) is 4.95. The second-order valence-electron chi connectivity index (χ2n) is 13.3. The summed E-state index contributed by atoms with van der Waals surface area (Å²) in [5, 5.41) is 0. The van der Waals surface area contributed by atoms with Gasteiger partial charge in [-0.25, -0.2) is 0 Å². The van der Waals surface area contributed by atoms with Gasteiger partial charge in [-0.3, -0.25) is 0 Å². The van der Waals surface area contributed by atoms with Gasteiger partial charge in [0.25, 0.3) is 0 Å². The van der Waals surface area contributed by atoms with Gasteiger partial charge in [0.15, 0.2) is 13.5 Å². The van der Waals surface area contributed by atoms with E-state index in [2.05, 4.69) is 107 Å². The normalized spacial score (nSPS) is 29.4. The monoisotopic (exact) mass is 570 g/mol. The lowest BCUT2D eigenvalue weighted by atomic mass is 9.82. The smallest absolute Gasteiger partial charge is 0.161 e. The van der Waals surface area contributed by atoms with E-state index in [0.717, 1.165) is 72.1 Å². The van der Waals surface area contributed by atoms with Crippen LogP contribution in [-0.4, -0.2) is 20.0 Å². The molecule has 3 aromatic carbocycles. The summed E-state index contributed by atoms with van der Waals surface area (Å²) in [4.78, 5) is 4.60. The zero-order valence-electron chi connectivity index (χ0n) is 25.0. The maximum absolute atomic E-state index is 6.20. The van der Waals surface area contributed by atoms with Crippen LogP contribution in [-0.2, 0) is 11.3 Å². The average molecular weight is 571 g/mol. The van der Waals surface area contributed by atoms with Gasteiger partial charge >= 0.3 is 0 Å². The van der Waals surface area contributed by atoms with Gasteiger partial charge in [-0.15, -0.1) is 0 Å². The van der Waals surface area contributed by atoms with E-state index in [4.69, 9.17) is 9.47 Å². The highest BCUT2D eigenvalue weighted by molar-refractivity contribution is 5.51. The minimum atomic E-state index is 0.582. The largest absolute Gasteiger partial charge is 0.473 e. The second-order valence-corrected chi connectivity index (χ2v) is 13.3. The first-order valence-corrected chi connectivity index (χ1v) is 16.3. The van der Waals surface area contributed by atoms with Gasteiger partial charge in [-0.2, -0.15) is 0 Å². The molecule has 5 aliphatic rings. The third-order valence-electron chi connectivity index (χ3n) is 11.1. The van der Waals surface area contributed by atoms with E-state index in [1.165, 1.54) is 42.6 Å². The molecule has 220 valence electrons. The fraction of sp³-hybridized carbons (Fsp3) is 0.385. The highest BCUT2D eigenvalue weighted by Crippen LogP contribution is 2.66. The Morgan fingerprint density at radius 3 is 2.07 bits per heavy atom. The summed E-state index contributed by atoms with van der Waals surface area (Å²) < 4.78 is 12.4. The van der Waals surface area contributed by atoms with Crippen LogP contribution in [0.15, 0.2) is 115 Å². The number of benzene rings is 3. The van der Waals surface area contributed by atoms with E-state index < -0.39 is 0 Å². The van der Waals surface area contributed by atoms with Crippen LogP contribution in [0.2, 0.25) is 0 Å². The molecular formula is C39H42N2O2. The maximum atomic E-state index is 6.20. The van der Waals surface area contributed by atoms with Gasteiger partial charge in [0.1, 0.15) is 11.5 Å². The lowest BCUT2D eigenvalue weighted by molar-refractivity contribution is 0.208. The first-order chi connectivity index (χ1) is 21.2. The number of hydrogen-bond acceptors (Lipinski definition) is 4. The fourth-order valence-electron chi connectivity index (χ4n) is 9.25. The molecule has 2 aliphatic heterocycles. The first kappa shape index (κ1) is 26.7. The summed E-state index contributed by atoms with van der Waals surface area (Å²) in [6, 6.07) is 28.3.